The van der Waals surface area contributed by atoms with E-state index in [1.807, 2.05) is 25.1 Å². The van der Waals surface area contributed by atoms with Crippen molar-refractivity contribution in [2.75, 3.05) is 43.0 Å². The maximum atomic E-state index is 13.2. The zero-order chi connectivity index (χ0) is 24.1. The number of amides is 1. The van der Waals surface area contributed by atoms with E-state index in [1.54, 1.807) is 18.2 Å². The van der Waals surface area contributed by atoms with E-state index in [-0.39, 0.29) is 10.5 Å². The second-order valence-electron chi connectivity index (χ2n) is 8.83. The lowest BCUT2D eigenvalue weighted by atomic mass is 10.1. The molecule has 2 aromatic rings. The molecule has 2 heterocycles. The average molecular weight is 486 g/mol. The molecule has 34 heavy (non-hydrogen) atoms. The first-order chi connectivity index (χ1) is 16.3. The van der Waals surface area contributed by atoms with E-state index in [0.717, 1.165) is 50.8 Å². The number of ether oxygens (including phenoxy) is 1. The third-order valence-electron chi connectivity index (χ3n) is 6.22. The second kappa shape index (κ2) is 10.6. The molecule has 2 aromatic carbocycles. The van der Waals surface area contributed by atoms with Crippen LogP contribution in [-0.4, -0.2) is 57.4 Å². The lowest BCUT2D eigenvalue weighted by molar-refractivity contribution is -0.119. The highest BCUT2D eigenvalue weighted by atomic mass is 32.2. The highest BCUT2D eigenvalue weighted by Gasteiger charge is 2.29. The van der Waals surface area contributed by atoms with Crippen molar-refractivity contribution >= 4 is 33.3 Å². The zero-order valence-electron chi connectivity index (χ0n) is 19.5. The summed E-state index contributed by atoms with van der Waals surface area (Å²) in [5.74, 6) is -1.17. The number of nitrogens with one attached hydrogen (secondary N) is 1. The van der Waals surface area contributed by atoms with Gasteiger partial charge in [0.15, 0.2) is 6.61 Å². The van der Waals surface area contributed by atoms with Crippen LogP contribution in [-0.2, 0) is 19.6 Å². The first kappa shape index (κ1) is 24.2. The number of rotatable bonds is 7. The first-order valence-corrected chi connectivity index (χ1v) is 13.2. The van der Waals surface area contributed by atoms with Crippen molar-refractivity contribution in [1.29, 1.82) is 0 Å². The predicted octanol–water partition coefficient (Wildman–Crippen LogP) is 3.57. The van der Waals surface area contributed by atoms with Crippen molar-refractivity contribution in [1.82, 2.24) is 4.31 Å². The van der Waals surface area contributed by atoms with E-state index in [2.05, 4.69) is 10.2 Å². The van der Waals surface area contributed by atoms with Crippen LogP contribution in [0.1, 0.15) is 48.0 Å². The molecule has 0 saturated carbocycles. The van der Waals surface area contributed by atoms with E-state index in [1.165, 1.54) is 10.4 Å². The van der Waals surface area contributed by atoms with E-state index in [4.69, 9.17) is 4.74 Å². The Kier molecular flexibility index (Phi) is 7.53. The smallest absolute Gasteiger partial charge is 0.340 e. The number of sulfonamides is 1. The Bertz CT molecular complexity index is 1150. The van der Waals surface area contributed by atoms with Crippen molar-refractivity contribution in [2.45, 2.75) is 43.9 Å². The van der Waals surface area contributed by atoms with Gasteiger partial charge in [0.2, 0.25) is 10.0 Å². The number of aryl methyl sites for hydroxylation is 1. The molecule has 0 atom stereocenters. The van der Waals surface area contributed by atoms with E-state index in [0.29, 0.717) is 24.5 Å². The first-order valence-electron chi connectivity index (χ1n) is 11.8. The summed E-state index contributed by atoms with van der Waals surface area (Å²) in [6.07, 6.45) is 4.68. The van der Waals surface area contributed by atoms with E-state index in [9.17, 15) is 18.0 Å². The third kappa shape index (κ3) is 5.59. The standard InChI is InChI=1S/C25H31N3O5S/c1-19-8-7-9-20(16-19)26-24(29)18-33-25(30)22-17-21(10-11-23(22)27-12-5-6-13-27)34(31,32)28-14-3-2-4-15-28/h7-11,16-17H,2-6,12-15,18H2,1H3,(H,26,29). The van der Waals surface area contributed by atoms with Crippen LogP contribution in [0.25, 0.3) is 0 Å². The molecule has 0 radical (unpaired) electrons. The molecular formula is C25H31N3O5S. The van der Waals surface area contributed by atoms with Gasteiger partial charge < -0.3 is 15.0 Å². The van der Waals surface area contributed by atoms with Gasteiger partial charge in [-0.2, -0.15) is 4.31 Å². The number of esters is 1. The monoisotopic (exact) mass is 485 g/mol. The summed E-state index contributed by atoms with van der Waals surface area (Å²) in [6.45, 7) is 3.98. The normalized spacial score (nSPS) is 16.9. The molecule has 0 bridgehead atoms. The summed E-state index contributed by atoms with van der Waals surface area (Å²) >= 11 is 0. The van der Waals surface area contributed by atoms with Crippen LogP contribution in [0, 0.1) is 6.92 Å². The number of benzene rings is 2. The van der Waals surface area contributed by atoms with Crippen molar-refractivity contribution in [3.05, 3.63) is 53.6 Å². The Morgan fingerprint density at radius 1 is 0.941 bits per heavy atom. The third-order valence-corrected chi connectivity index (χ3v) is 8.12. The van der Waals surface area contributed by atoms with Gasteiger partial charge in [-0.1, -0.05) is 18.6 Å². The van der Waals surface area contributed by atoms with Crippen LogP contribution in [0.3, 0.4) is 0 Å². The summed E-state index contributed by atoms with van der Waals surface area (Å²) in [5, 5.41) is 2.71. The Balaban J connectivity index is 1.53. The largest absolute Gasteiger partial charge is 0.452 e. The van der Waals surface area contributed by atoms with Gasteiger partial charge in [0, 0.05) is 31.9 Å². The average Bonchev–Trinajstić information content (AvgIpc) is 3.37. The Hall–Kier alpha value is -2.91. The number of anilines is 2. The summed E-state index contributed by atoms with van der Waals surface area (Å²) in [4.78, 5) is 27.5. The van der Waals surface area contributed by atoms with Crippen LogP contribution in [0.5, 0.6) is 0 Å². The van der Waals surface area contributed by atoms with Crippen molar-refractivity contribution in [3.63, 3.8) is 0 Å². The van der Waals surface area contributed by atoms with Gasteiger partial charge in [0.25, 0.3) is 5.91 Å². The van der Waals surface area contributed by atoms with Crippen LogP contribution in [0.4, 0.5) is 11.4 Å². The fourth-order valence-corrected chi connectivity index (χ4v) is 6.00. The fraction of sp³-hybridized carbons (Fsp3) is 0.440. The van der Waals surface area contributed by atoms with E-state index >= 15 is 0 Å². The lowest BCUT2D eigenvalue weighted by Crippen LogP contribution is -2.35. The molecule has 2 fully saturated rings. The minimum atomic E-state index is -3.71. The number of hydrogen-bond acceptors (Lipinski definition) is 6. The number of piperidine rings is 1. The minimum Gasteiger partial charge on any atom is -0.452 e. The molecule has 182 valence electrons. The van der Waals surface area contributed by atoms with Gasteiger partial charge in [0.05, 0.1) is 16.1 Å². The number of hydrogen-bond donors (Lipinski definition) is 1. The number of carbonyl (C=O) groups excluding carboxylic acids is 2. The number of nitrogens with zero attached hydrogens (tertiary/aromatic N) is 2. The second-order valence-corrected chi connectivity index (χ2v) is 10.8. The minimum absolute atomic E-state index is 0.0773. The molecule has 0 aliphatic carbocycles. The molecule has 0 aromatic heterocycles. The van der Waals surface area contributed by atoms with Crippen LogP contribution >= 0.6 is 0 Å². The van der Waals surface area contributed by atoms with Crippen molar-refractivity contribution in [2.24, 2.45) is 0 Å². The van der Waals surface area contributed by atoms with Crippen LogP contribution < -0.4 is 10.2 Å². The van der Waals surface area contributed by atoms with Gasteiger partial charge in [-0.15, -0.1) is 0 Å². The molecular weight excluding hydrogens is 454 g/mol. The topological polar surface area (TPSA) is 96.0 Å². The van der Waals surface area contributed by atoms with Gasteiger partial charge >= 0.3 is 5.97 Å². The summed E-state index contributed by atoms with van der Waals surface area (Å²) in [6, 6.07) is 12.0. The van der Waals surface area contributed by atoms with Crippen molar-refractivity contribution in [3.8, 4) is 0 Å². The lowest BCUT2D eigenvalue weighted by Gasteiger charge is -2.27. The Labute approximate surface area is 200 Å². The maximum Gasteiger partial charge on any atom is 0.340 e. The Morgan fingerprint density at radius 2 is 1.65 bits per heavy atom. The molecule has 0 unspecified atom stereocenters. The highest BCUT2D eigenvalue weighted by Crippen LogP contribution is 2.30. The fourth-order valence-electron chi connectivity index (χ4n) is 4.46. The van der Waals surface area contributed by atoms with Gasteiger partial charge in [-0.3, -0.25) is 4.79 Å². The maximum absolute atomic E-state index is 13.2. The van der Waals surface area contributed by atoms with Crippen LogP contribution in [0.2, 0.25) is 0 Å². The number of carbonyl (C=O) groups is 2. The molecule has 1 N–H and O–H groups in total. The molecule has 9 heteroatoms. The molecule has 2 aliphatic heterocycles. The molecule has 8 nitrogen and oxygen atoms in total. The molecule has 4 rings (SSSR count). The van der Waals surface area contributed by atoms with Gasteiger partial charge in [-0.25, -0.2) is 13.2 Å². The predicted molar refractivity (Wildman–Crippen MR) is 131 cm³/mol. The molecule has 0 spiro atoms. The summed E-state index contributed by atoms with van der Waals surface area (Å²) in [7, 11) is -3.71. The van der Waals surface area contributed by atoms with Gasteiger partial charge in [0.1, 0.15) is 0 Å². The quantitative estimate of drug-likeness (QED) is 0.603. The Morgan fingerprint density at radius 3 is 2.35 bits per heavy atom. The molecule has 2 saturated heterocycles. The van der Waals surface area contributed by atoms with Crippen LogP contribution in [0.15, 0.2) is 47.4 Å². The summed E-state index contributed by atoms with van der Waals surface area (Å²) in [5.41, 5.74) is 2.42. The molecule has 2 aliphatic rings. The van der Waals surface area contributed by atoms with Gasteiger partial charge in [-0.05, 0) is 68.5 Å². The summed E-state index contributed by atoms with van der Waals surface area (Å²) < 4.78 is 33.2. The van der Waals surface area contributed by atoms with E-state index < -0.39 is 28.5 Å². The zero-order valence-corrected chi connectivity index (χ0v) is 20.3. The highest BCUT2D eigenvalue weighted by molar-refractivity contribution is 7.89. The van der Waals surface area contributed by atoms with Crippen molar-refractivity contribution < 1.29 is 22.7 Å². The molecule has 1 amide bonds. The SMILES string of the molecule is Cc1cccc(NC(=O)COC(=O)c2cc(S(=O)(=O)N3CCCCC3)ccc2N2CCCC2)c1.